The number of ether oxygens (including phenoxy) is 2. The molecule has 9 nitrogen and oxygen atoms in total. The van der Waals surface area contributed by atoms with Gasteiger partial charge in [-0.05, 0) is 38.5 Å². The topological polar surface area (TPSA) is 111 Å². The van der Waals surface area contributed by atoms with E-state index >= 15 is 0 Å². The minimum Gasteiger partial charge on any atom is -0.756 e. The molecular weight excluding hydrogens is 689 g/mol. The lowest BCUT2D eigenvalue weighted by Gasteiger charge is -2.28. The van der Waals surface area contributed by atoms with Crippen LogP contribution >= 0.6 is 7.82 Å². The molecule has 2 unspecified atom stereocenters. The summed E-state index contributed by atoms with van der Waals surface area (Å²) < 4.78 is 33.8. The number of nitrogens with zero attached hydrogens (tertiary/aromatic N) is 1. The predicted molar refractivity (Wildman–Crippen MR) is 218 cm³/mol. The van der Waals surface area contributed by atoms with Crippen LogP contribution in [-0.4, -0.2) is 70.0 Å². The van der Waals surface area contributed by atoms with Gasteiger partial charge in [-0.1, -0.05) is 161 Å². The van der Waals surface area contributed by atoms with Crippen molar-refractivity contribution >= 4 is 19.8 Å². The highest BCUT2D eigenvalue weighted by Gasteiger charge is 2.21. The number of allylic oxidation sites excluding steroid dienone is 2. The lowest BCUT2D eigenvalue weighted by atomic mass is 10.1. The maximum atomic E-state index is 12.6. The van der Waals surface area contributed by atoms with E-state index in [2.05, 4.69) is 26.0 Å². The van der Waals surface area contributed by atoms with Gasteiger partial charge in [-0.3, -0.25) is 14.2 Å². The number of unbranched alkanes of at least 4 members (excludes halogenated alkanes) is 24. The number of esters is 2. The van der Waals surface area contributed by atoms with Crippen LogP contribution in [0.15, 0.2) is 12.2 Å². The van der Waals surface area contributed by atoms with Crippen molar-refractivity contribution in [3.8, 4) is 0 Å². The third-order valence-corrected chi connectivity index (χ3v) is 10.5. The Morgan fingerprint density at radius 2 is 0.962 bits per heavy atom. The second-order valence-electron chi connectivity index (χ2n) is 16.1. The molecule has 0 aliphatic carbocycles. The van der Waals surface area contributed by atoms with Gasteiger partial charge >= 0.3 is 11.9 Å². The summed E-state index contributed by atoms with van der Waals surface area (Å²) in [5.41, 5.74) is 0. The van der Waals surface area contributed by atoms with Gasteiger partial charge in [0.05, 0.1) is 27.7 Å². The third kappa shape index (κ3) is 40.2. The number of likely N-dealkylation sites (N-methyl/N-ethyl adjacent to an activating group) is 1. The number of hydrogen-bond donors (Lipinski definition) is 0. The fourth-order valence-electron chi connectivity index (χ4n) is 6.06. The molecule has 0 aliphatic rings. The van der Waals surface area contributed by atoms with E-state index in [9.17, 15) is 19.0 Å². The Morgan fingerprint density at radius 1 is 0.566 bits per heavy atom. The van der Waals surface area contributed by atoms with Crippen molar-refractivity contribution in [2.24, 2.45) is 0 Å². The number of rotatable bonds is 40. The van der Waals surface area contributed by atoms with E-state index in [-0.39, 0.29) is 32.0 Å². The van der Waals surface area contributed by atoms with Gasteiger partial charge in [0.25, 0.3) is 7.82 Å². The monoisotopic (exact) mass is 774 g/mol. The number of carbonyl (C=O) groups is 2. The molecular formula is C43H84NO8P. The molecule has 0 fully saturated rings. The Bertz CT molecular complexity index is 922. The molecule has 2 atom stereocenters. The van der Waals surface area contributed by atoms with Gasteiger partial charge in [-0.2, -0.15) is 0 Å². The van der Waals surface area contributed by atoms with E-state index in [1.54, 1.807) is 0 Å². The summed E-state index contributed by atoms with van der Waals surface area (Å²) in [5, 5.41) is 0. The number of carbonyl (C=O) groups excluding carboxylic acids is 2. The molecule has 0 aromatic rings. The molecule has 0 spiro atoms. The average Bonchev–Trinajstić information content (AvgIpc) is 3.10. The highest BCUT2D eigenvalue weighted by molar-refractivity contribution is 7.45. The van der Waals surface area contributed by atoms with Crippen molar-refractivity contribution in [1.29, 1.82) is 0 Å². The Labute approximate surface area is 326 Å². The van der Waals surface area contributed by atoms with Crippen LogP contribution in [0.3, 0.4) is 0 Å². The van der Waals surface area contributed by atoms with Crippen molar-refractivity contribution in [2.75, 3.05) is 47.5 Å². The number of hydrogen-bond acceptors (Lipinski definition) is 8. The summed E-state index contributed by atoms with van der Waals surface area (Å²) in [6, 6.07) is 0. The van der Waals surface area contributed by atoms with Crippen LogP contribution in [0.1, 0.15) is 200 Å². The molecule has 0 amide bonds. The second-order valence-corrected chi connectivity index (χ2v) is 17.5. The van der Waals surface area contributed by atoms with Crippen LogP contribution in [0.2, 0.25) is 0 Å². The van der Waals surface area contributed by atoms with Crippen LogP contribution in [-0.2, 0) is 32.7 Å². The van der Waals surface area contributed by atoms with Crippen LogP contribution in [0.4, 0.5) is 0 Å². The fraction of sp³-hybridized carbons (Fsp3) is 0.907. The normalized spacial score (nSPS) is 13.7. The minimum absolute atomic E-state index is 0.0284. The van der Waals surface area contributed by atoms with E-state index < -0.39 is 26.5 Å². The standard InChI is InChI=1S/C43H84NO8P/c1-6-8-10-12-14-16-17-18-19-20-21-22-23-24-25-26-27-28-30-32-34-36-43(46)52-41(40-51-53(47,48)50-38-37-44(3,4)5)39-49-42(45)35-33-31-29-15-13-11-9-7-2/h20-21,41H,6-19,22-40H2,1-5H3/b21-20-. The molecule has 0 aliphatic heterocycles. The van der Waals surface area contributed by atoms with E-state index in [4.69, 9.17) is 18.5 Å². The first-order valence-corrected chi connectivity index (χ1v) is 23.4. The van der Waals surface area contributed by atoms with Crippen LogP contribution in [0, 0.1) is 0 Å². The quantitative estimate of drug-likeness (QED) is 0.0199. The predicted octanol–water partition coefficient (Wildman–Crippen LogP) is 11.6. The first kappa shape index (κ1) is 51.8. The van der Waals surface area contributed by atoms with E-state index in [1.807, 2.05) is 21.1 Å². The van der Waals surface area contributed by atoms with Gasteiger partial charge in [-0.15, -0.1) is 0 Å². The summed E-state index contributed by atoms with van der Waals surface area (Å²) in [4.78, 5) is 37.3. The average molecular weight is 774 g/mol. The van der Waals surface area contributed by atoms with E-state index in [0.717, 1.165) is 38.5 Å². The van der Waals surface area contributed by atoms with Crippen molar-refractivity contribution < 1.29 is 42.1 Å². The zero-order valence-electron chi connectivity index (χ0n) is 35.2. The smallest absolute Gasteiger partial charge is 0.306 e. The zero-order chi connectivity index (χ0) is 39.3. The highest BCUT2D eigenvalue weighted by atomic mass is 31.2. The molecule has 0 saturated carbocycles. The Hall–Kier alpha value is -1.25. The summed E-state index contributed by atoms with van der Waals surface area (Å²) in [6.07, 6.45) is 36.8. The first-order chi connectivity index (χ1) is 25.5. The fourth-order valence-corrected chi connectivity index (χ4v) is 6.79. The Balaban J connectivity index is 4.21. The second kappa shape index (κ2) is 36.4. The Morgan fingerprint density at radius 3 is 1.40 bits per heavy atom. The van der Waals surface area contributed by atoms with E-state index in [1.165, 1.54) is 128 Å². The highest BCUT2D eigenvalue weighted by Crippen LogP contribution is 2.38. The molecule has 0 heterocycles. The summed E-state index contributed by atoms with van der Waals surface area (Å²) in [7, 11) is 1.17. The SMILES string of the molecule is CCCCCCCCCC/C=C\CCCCCCCCCCCC(=O)OC(COC(=O)CCCCCCCCCC)COP(=O)([O-])OCC[N+](C)(C)C. The van der Waals surface area contributed by atoms with Gasteiger partial charge in [0, 0.05) is 12.8 Å². The lowest BCUT2D eigenvalue weighted by molar-refractivity contribution is -0.870. The molecule has 314 valence electrons. The molecule has 0 rings (SSSR count). The van der Waals surface area contributed by atoms with Gasteiger partial charge in [0.1, 0.15) is 19.8 Å². The lowest BCUT2D eigenvalue weighted by Crippen LogP contribution is -2.37. The maximum Gasteiger partial charge on any atom is 0.306 e. The van der Waals surface area contributed by atoms with Crippen molar-refractivity contribution in [3.05, 3.63) is 12.2 Å². The van der Waals surface area contributed by atoms with Gasteiger partial charge in [-0.25, -0.2) is 0 Å². The van der Waals surface area contributed by atoms with Crippen molar-refractivity contribution in [3.63, 3.8) is 0 Å². The van der Waals surface area contributed by atoms with Crippen molar-refractivity contribution in [2.45, 2.75) is 206 Å². The summed E-state index contributed by atoms with van der Waals surface area (Å²) in [5.74, 6) is -0.834. The minimum atomic E-state index is -4.61. The van der Waals surface area contributed by atoms with Crippen LogP contribution in [0.5, 0.6) is 0 Å². The van der Waals surface area contributed by atoms with Gasteiger partial charge in [0.15, 0.2) is 6.10 Å². The zero-order valence-corrected chi connectivity index (χ0v) is 36.1. The maximum absolute atomic E-state index is 12.6. The van der Waals surface area contributed by atoms with Crippen LogP contribution < -0.4 is 4.89 Å². The number of phosphoric ester groups is 1. The van der Waals surface area contributed by atoms with Gasteiger partial charge in [0.2, 0.25) is 0 Å². The number of phosphoric acid groups is 1. The van der Waals surface area contributed by atoms with E-state index in [0.29, 0.717) is 17.4 Å². The molecule has 0 saturated heterocycles. The molecule has 0 aromatic heterocycles. The van der Waals surface area contributed by atoms with Gasteiger partial charge < -0.3 is 27.9 Å². The Kier molecular flexibility index (Phi) is 35.5. The van der Waals surface area contributed by atoms with Crippen LogP contribution in [0.25, 0.3) is 0 Å². The summed E-state index contributed by atoms with van der Waals surface area (Å²) >= 11 is 0. The third-order valence-electron chi connectivity index (χ3n) is 9.54. The molecule has 10 heteroatoms. The molecule has 0 radical (unpaired) electrons. The molecule has 0 bridgehead atoms. The number of quaternary nitrogens is 1. The first-order valence-electron chi connectivity index (χ1n) is 21.9. The molecule has 0 N–H and O–H groups in total. The largest absolute Gasteiger partial charge is 0.756 e. The summed E-state index contributed by atoms with van der Waals surface area (Å²) in [6.45, 7) is 4.20. The van der Waals surface area contributed by atoms with Crippen molar-refractivity contribution in [1.82, 2.24) is 0 Å². The molecule has 53 heavy (non-hydrogen) atoms. The molecule has 0 aromatic carbocycles.